The Labute approximate surface area is 100.0 Å². The SMILES string of the molecule is O=C=C1C(Cl)C(=C=O)C(Cl)C(=C=O)C1Cl. The summed E-state index contributed by atoms with van der Waals surface area (Å²) < 4.78 is 0. The average molecular weight is 265 g/mol. The number of halogens is 3. The van der Waals surface area contributed by atoms with Gasteiger partial charge in [-0.05, 0) is 0 Å². The van der Waals surface area contributed by atoms with Crippen LogP contribution in [0.1, 0.15) is 0 Å². The summed E-state index contributed by atoms with van der Waals surface area (Å²) in [6.07, 6.45) is 0. The molecule has 3 nitrogen and oxygen atoms in total. The standard InChI is InChI=1S/C9H3Cl3O3/c10-7-4(1-13)8(11)6(3-15)9(12)5(7)2-14/h7-9H. The van der Waals surface area contributed by atoms with Gasteiger partial charge in [-0.2, -0.15) is 0 Å². The molecule has 1 aliphatic rings. The predicted octanol–water partition coefficient (Wildman–Crippen LogP) is 1.10. The second kappa shape index (κ2) is 4.83. The molecule has 0 aromatic rings. The first-order valence-electron chi connectivity index (χ1n) is 3.75. The van der Waals surface area contributed by atoms with Crippen molar-refractivity contribution in [3.63, 3.8) is 0 Å². The normalized spacial score (nSPS) is 30.6. The van der Waals surface area contributed by atoms with Crippen molar-refractivity contribution in [1.29, 1.82) is 0 Å². The van der Waals surface area contributed by atoms with Gasteiger partial charge in [-0.3, -0.25) is 0 Å². The van der Waals surface area contributed by atoms with E-state index in [1.54, 1.807) is 0 Å². The lowest BCUT2D eigenvalue weighted by Gasteiger charge is -2.27. The molecule has 0 heterocycles. The molecule has 0 aromatic carbocycles. The number of allylic oxidation sites excluding steroid dienone is 3. The Hall–Kier alpha value is -0.780. The first kappa shape index (κ1) is 12.3. The van der Waals surface area contributed by atoms with Crippen LogP contribution < -0.4 is 0 Å². The van der Waals surface area contributed by atoms with Gasteiger partial charge in [0.05, 0.1) is 16.7 Å². The van der Waals surface area contributed by atoms with Gasteiger partial charge >= 0.3 is 0 Å². The molecule has 0 aliphatic heterocycles. The second-order valence-electron chi connectivity index (χ2n) is 2.76. The topological polar surface area (TPSA) is 51.2 Å². The van der Waals surface area contributed by atoms with Gasteiger partial charge in [0.1, 0.15) is 34.0 Å². The summed E-state index contributed by atoms with van der Waals surface area (Å²) in [4.78, 5) is 31.7. The third-order valence-corrected chi connectivity index (χ3v) is 3.40. The average Bonchev–Trinajstić information content (AvgIpc) is 2.19. The van der Waals surface area contributed by atoms with Crippen LogP contribution in [0.5, 0.6) is 0 Å². The highest BCUT2D eigenvalue weighted by atomic mass is 35.5. The zero-order valence-electron chi connectivity index (χ0n) is 7.09. The number of hydrogen-bond acceptors (Lipinski definition) is 3. The van der Waals surface area contributed by atoms with Crippen molar-refractivity contribution < 1.29 is 14.4 Å². The van der Waals surface area contributed by atoms with Gasteiger partial charge < -0.3 is 0 Å². The fourth-order valence-electron chi connectivity index (χ4n) is 1.20. The molecule has 0 saturated heterocycles. The van der Waals surface area contributed by atoms with Crippen LogP contribution in [-0.4, -0.2) is 34.0 Å². The van der Waals surface area contributed by atoms with E-state index in [-0.39, 0.29) is 16.7 Å². The molecular weight excluding hydrogens is 262 g/mol. The first-order chi connectivity index (χ1) is 7.08. The maximum absolute atomic E-state index is 10.6. The van der Waals surface area contributed by atoms with Crippen LogP contribution in [0.15, 0.2) is 16.7 Å². The molecule has 1 fully saturated rings. The van der Waals surface area contributed by atoms with E-state index in [1.807, 2.05) is 0 Å². The molecule has 15 heavy (non-hydrogen) atoms. The van der Waals surface area contributed by atoms with E-state index in [4.69, 9.17) is 34.8 Å². The van der Waals surface area contributed by atoms with E-state index < -0.39 is 16.1 Å². The molecule has 0 aromatic heterocycles. The predicted molar refractivity (Wildman–Crippen MR) is 56.5 cm³/mol. The van der Waals surface area contributed by atoms with Gasteiger partial charge in [0.2, 0.25) is 0 Å². The van der Waals surface area contributed by atoms with Crippen molar-refractivity contribution in [3.05, 3.63) is 16.7 Å². The Balaban J connectivity index is 3.41. The van der Waals surface area contributed by atoms with E-state index in [0.29, 0.717) is 0 Å². The number of rotatable bonds is 0. The summed E-state index contributed by atoms with van der Waals surface area (Å²) in [6, 6.07) is 0. The zero-order chi connectivity index (χ0) is 11.6. The van der Waals surface area contributed by atoms with Crippen molar-refractivity contribution in [2.45, 2.75) is 16.1 Å². The van der Waals surface area contributed by atoms with E-state index >= 15 is 0 Å². The molecule has 0 N–H and O–H groups in total. The minimum Gasteiger partial charge on any atom is -0.233 e. The molecule has 1 saturated carbocycles. The van der Waals surface area contributed by atoms with Crippen LogP contribution in [-0.2, 0) is 14.4 Å². The summed E-state index contributed by atoms with van der Waals surface area (Å²) in [5, 5.41) is -3.20. The van der Waals surface area contributed by atoms with Crippen molar-refractivity contribution in [2.24, 2.45) is 0 Å². The lowest BCUT2D eigenvalue weighted by Crippen LogP contribution is -2.34. The second-order valence-corrected chi connectivity index (χ2v) is 4.07. The minimum absolute atomic E-state index is 0.119. The molecule has 1 rings (SSSR count). The van der Waals surface area contributed by atoms with Crippen molar-refractivity contribution in [1.82, 2.24) is 0 Å². The summed E-state index contributed by atoms with van der Waals surface area (Å²) in [6.45, 7) is 0. The van der Waals surface area contributed by atoms with Gasteiger partial charge in [-0.25, -0.2) is 14.4 Å². The minimum atomic E-state index is -1.07. The van der Waals surface area contributed by atoms with Crippen LogP contribution in [0.25, 0.3) is 0 Å². The number of alkyl halides is 3. The van der Waals surface area contributed by atoms with E-state index in [2.05, 4.69) is 0 Å². The third-order valence-electron chi connectivity index (χ3n) is 1.99. The molecule has 0 atom stereocenters. The zero-order valence-corrected chi connectivity index (χ0v) is 9.36. The van der Waals surface area contributed by atoms with E-state index in [1.165, 1.54) is 17.8 Å². The van der Waals surface area contributed by atoms with E-state index in [0.717, 1.165) is 0 Å². The third kappa shape index (κ3) is 1.95. The lowest BCUT2D eigenvalue weighted by atomic mass is 9.87. The summed E-state index contributed by atoms with van der Waals surface area (Å²) in [7, 11) is 0. The first-order valence-corrected chi connectivity index (χ1v) is 5.06. The van der Waals surface area contributed by atoms with Crippen molar-refractivity contribution in [3.8, 4) is 0 Å². The fourth-order valence-corrected chi connectivity index (χ4v) is 2.42. The molecule has 0 amide bonds. The number of carbonyl (C=O) groups excluding carboxylic acids is 3. The van der Waals surface area contributed by atoms with Crippen LogP contribution >= 0.6 is 34.8 Å². The molecule has 6 heteroatoms. The van der Waals surface area contributed by atoms with Gasteiger partial charge in [0.15, 0.2) is 0 Å². The lowest BCUT2D eigenvalue weighted by molar-refractivity contribution is 0.560. The highest BCUT2D eigenvalue weighted by Gasteiger charge is 2.41. The Morgan fingerprint density at radius 3 is 1.00 bits per heavy atom. The van der Waals surface area contributed by atoms with Crippen LogP contribution in [0, 0.1) is 0 Å². The highest BCUT2D eigenvalue weighted by Crippen LogP contribution is 2.38. The van der Waals surface area contributed by atoms with Crippen LogP contribution in [0.4, 0.5) is 0 Å². The summed E-state index contributed by atoms with van der Waals surface area (Å²) in [5.74, 6) is 4.49. The van der Waals surface area contributed by atoms with Crippen LogP contribution in [0.2, 0.25) is 0 Å². The monoisotopic (exact) mass is 264 g/mol. The molecule has 0 spiro atoms. The van der Waals surface area contributed by atoms with Gasteiger partial charge in [0, 0.05) is 0 Å². The van der Waals surface area contributed by atoms with Crippen molar-refractivity contribution >= 4 is 52.6 Å². The maximum atomic E-state index is 10.6. The Morgan fingerprint density at radius 2 is 0.867 bits per heavy atom. The maximum Gasteiger partial charge on any atom is 0.127 e. The Kier molecular flexibility index (Phi) is 3.96. The van der Waals surface area contributed by atoms with E-state index in [9.17, 15) is 14.4 Å². The molecule has 0 unspecified atom stereocenters. The number of hydrogen-bond donors (Lipinski definition) is 0. The van der Waals surface area contributed by atoms with Gasteiger partial charge in [-0.1, -0.05) is 0 Å². The molecular formula is C9H3Cl3O3. The van der Waals surface area contributed by atoms with Crippen LogP contribution in [0.3, 0.4) is 0 Å². The summed E-state index contributed by atoms with van der Waals surface area (Å²) >= 11 is 17.2. The van der Waals surface area contributed by atoms with Gasteiger partial charge in [0.25, 0.3) is 0 Å². The Morgan fingerprint density at radius 1 is 0.667 bits per heavy atom. The summed E-state index contributed by atoms with van der Waals surface area (Å²) in [5.41, 5.74) is -0.356. The Bertz CT molecular complexity index is 353. The van der Waals surface area contributed by atoms with Gasteiger partial charge in [-0.15, -0.1) is 34.8 Å². The largest absolute Gasteiger partial charge is 0.233 e. The quantitative estimate of drug-likeness (QED) is 0.487. The smallest absolute Gasteiger partial charge is 0.127 e. The molecule has 0 bridgehead atoms. The molecule has 78 valence electrons. The fraction of sp³-hybridized carbons (Fsp3) is 0.333. The molecule has 1 aliphatic carbocycles. The van der Waals surface area contributed by atoms with Crippen molar-refractivity contribution in [2.75, 3.05) is 0 Å². The highest BCUT2D eigenvalue weighted by molar-refractivity contribution is 6.36. The molecule has 0 radical (unpaired) electrons.